The van der Waals surface area contributed by atoms with Gasteiger partial charge in [0.2, 0.25) is 17.7 Å². The van der Waals surface area contributed by atoms with Crippen LogP contribution in [-0.2, 0) is 16.0 Å². The largest absolute Gasteiger partial charge is 0.439 e. The molecule has 0 atom stereocenters. The fourth-order valence-electron chi connectivity index (χ4n) is 2.47. The van der Waals surface area contributed by atoms with E-state index >= 15 is 0 Å². The number of rotatable bonds is 6. The van der Waals surface area contributed by atoms with Gasteiger partial charge in [0.25, 0.3) is 0 Å². The van der Waals surface area contributed by atoms with Gasteiger partial charge >= 0.3 is 0 Å². The first-order valence-corrected chi connectivity index (χ1v) is 8.50. The number of carbonyl (C=O) groups is 2. The molecular weight excluding hydrogens is 382 g/mol. The van der Waals surface area contributed by atoms with Gasteiger partial charge in [-0.25, -0.2) is 18.7 Å². The number of ether oxygens (including phenoxy) is 1. The minimum atomic E-state index is -0.735. The maximum Gasteiger partial charge on any atom is 0.228 e. The monoisotopic (exact) mass is 398 g/mol. The summed E-state index contributed by atoms with van der Waals surface area (Å²) >= 11 is 0. The molecule has 2 aromatic carbocycles. The van der Waals surface area contributed by atoms with Crippen LogP contribution >= 0.6 is 0 Å². The predicted octanol–water partition coefficient (Wildman–Crippen LogP) is 3.69. The number of hydrogen-bond donors (Lipinski definition) is 2. The molecule has 9 heteroatoms. The Labute approximate surface area is 164 Å². The van der Waals surface area contributed by atoms with Gasteiger partial charge in [0.05, 0.1) is 6.42 Å². The first kappa shape index (κ1) is 19.9. The third-order valence-electron chi connectivity index (χ3n) is 3.59. The van der Waals surface area contributed by atoms with E-state index in [2.05, 4.69) is 20.6 Å². The van der Waals surface area contributed by atoms with Crippen molar-refractivity contribution in [2.24, 2.45) is 0 Å². The molecule has 3 aromatic rings. The van der Waals surface area contributed by atoms with Gasteiger partial charge in [-0.05, 0) is 42.0 Å². The van der Waals surface area contributed by atoms with E-state index in [9.17, 15) is 18.4 Å². The van der Waals surface area contributed by atoms with Crippen LogP contribution in [0, 0.1) is 11.6 Å². The van der Waals surface area contributed by atoms with Crippen LogP contribution in [0.3, 0.4) is 0 Å². The van der Waals surface area contributed by atoms with Crippen LogP contribution in [0.2, 0.25) is 0 Å². The molecule has 29 heavy (non-hydrogen) atoms. The number of benzene rings is 2. The van der Waals surface area contributed by atoms with Gasteiger partial charge in [-0.2, -0.15) is 0 Å². The van der Waals surface area contributed by atoms with Crippen LogP contribution in [0.5, 0.6) is 11.6 Å². The third-order valence-corrected chi connectivity index (χ3v) is 3.59. The highest BCUT2D eigenvalue weighted by molar-refractivity contribution is 5.92. The number of anilines is 2. The lowest BCUT2D eigenvalue weighted by Crippen LogP contribution is -2.14. The summed E-state index contributed by atoms with van der Waals surface area (Å²) in [6.07, 6.45) is 1.09. The molecule has 0 aliphatic rings. The highest BCUT2D eigenvalue weighted by Gasteiger charge is 2.08. The number of hydrogen-bond acceptors (Lipinski definition) is 5. The lowest BCUT2D eigenvalue weighted by atomic mass is 10.1. The van der Waals surface area contributed by atoms with Gasteiger partial charge in [-0.15, -0.1) is 0 Å². The van der Waals surface area contributed by atoms with E-state index in [0.717, 1.165) is 18.2 Å². The van der Waals surface area contributed by atoms with Crippen molar-refractivity contribution in [2.75, 3.05) is 10.6 Å². The molecule has 2 amide bonds. The second-order valence-electron chi connectivity index (χ2n) is 6.05. The quantitative estimate of drug-likeness (QED) is 0.661. The van der Waals surface area contributed by atoms with E-state index in [-0.39, 0.29) is 23.8 Å². The van der Waals surface area contributed by atoms with E-state index in [0.29, 0.717) is 17.3 Å². The maximum absolute atomic E-state index is 13.2. The summed E-state index contributed by atoms with van der Waals surface area (Å²) in [5, 5.41) is 5.16. The summed E-state index contributed by atoms with van der Waals surface area (Å²) in [6.45, 7) is 1.36. The molecule has 7 nitrogen and oxygen atoms in total. The summed E-state index contributed by atoms with van der Waals surface area (Å²) in [5.74, 6) is -1.17. The number of amides is 2. The summed E-state index contributed by atoms with van der Waals surface area (Å²) in [7, 11) is 0. The summed E-state index contributed by atoms with van der Waals surface area (Å²) in [6, 6.07) is 10.9. The molecule has 0 spiro atoms. The molecule has 0 aliphatic carbocycles. The molecule has 0 radical (unpaired) electrons. The molecule has 1 heterocycles. The third kappa shape index (κ3) is 6.06. The van der Waals surface area contributed by atoms with Gasteiger partial charge < -0.3 is 15.4 Å². The van der Waals surface area contributed by atoms with Crippen LogP contribution in [0.25, 0.3) is 0 Å². The minimum absolute atomic E-state index is 0.167. The average molecular weight is 398 g/mol. The first-order valence-electron chi connectivity index (χ1n) is 8.50. The fraction of sp³-hybridized carbons (Fsp3) is 0.100. The first-order chi connectivity index (χ1) is 13.9. The van der Waals surface area contributed by atoms with E-state index in [1.165, 1.54) is 19.3 Å². The van der Waals surface area contributed by atoms with E-state index < -0.39 is 17.5 Å². The summed E-state index contributed by atoms with van der Waals surface area (Å²) < 4.78 is 32.0. The van der Waals surface area contributed by atoms with Crippen molar-refractivity contribution in [3.8, 4) is 11.6 Å². The number of carbonyl (C=O) groups excluding carboxylic acids is 2. The molecule has 0 unspecified atom stereocenters. The predicted molar refractivity (Wildman–Crippen MR) is 102 cm³/mol. The molecule has 0 aliphatic heterocycles. The Morgan fingerprint density at radius 1 is 0.966 bits per heavy atom. The normalized spacial score (nSPS) is 10.3. The summed E-state index contributed by atoms with van der Waals surface area (Å²) in [5.41, 5.74) is 0.722. The Morgan fingerprint density at radius 2 is 1.66 bits per heavy atom. The van der Waals surface area contributed by atoms with Gasteiger partial charge in [-0.1, -0.05) is 0 Å². The maximum atomic E-state index is 13.2. The lowest BCUT2D eigenvalue weighted by Gasteiger charge is -2.08. The summed E-state index contributed by atoms with van der Waals surface area (Å²) in [4.78, 5) is 31.0. The Balaban J connectivity index is 1.60. The van der Waals surface area contributed by atoms with Gasteiger partial charge in [0, 0.05) is 24.7 Å². The molecule has 1 aromatic heterocycles. The molecule has 0 saturated heterocycles. The topological polar surface area (TPSA) is 93.2 Å². The minimum Gasteiger partial charge on any atom is -0.439 e. The lowest BCUT2D eigenvalue weighted by molar-refractivity contribution is -0.116. The second kappa shape index (κ2) is 8.87. The highest BCUT2D eigenvalue weighted by atomic mass is 19.1. The van der Waals surface area contributed by atoms with Crippen molar-refractivity contribution >= 4 is 23.3 Å². The van der Waals surface area contributed by atoms with Crippen molar-refractivity contribution in [3.63, 3.8) is 0 Å². The van der Waals surface area contributed by atoms with Crippen molar-refractivity contribution in [1.29, 1.82) is 0 Å². The van der Waals surface area contributed by atoms with Crippen molar-refractivity contribution in [2.45, 2.75) is 13.3 Å². The SMILES string of the molecule is CC(=O)Nc1cc(Oc2ccc(NC(=O)Cc3cc(F)cc(F)c3)cc2)ncn1. The highest BCUT2D eigenvalue weighted by Crippen LogP contribution is 2.22. The van der Waals surface area contributed by atoms with E-state index in [4.69, 9.17) is 4.74 Å². The van der Waals surface area contributed by atoms with Crippen molar-refractivity contribution in [1.82, 2.24) is 9.97 Å². The standard InChI is InChI=1S/C20H16F2N4O3/c1-12(27)25-18-10-20(24-11-23-18)29-17-4-2-16(3-5-17)26-19(28)8-13-6-14(21)9-15(22)7-13/h2-7,9-11H,8H2,1H3,(H,26,28)(H,23,24,25,27). The molecule has 0 saturated carbocycles. The molecule has 0 fully saturated rings. The van der Waals surface area contributed by atoms with Crippen LogP contribution in [0.1, 0.15) is 12.5 Å². The molecule has 2 N–H and O–H groups in total. The van der Waals surface area contributed by atoms with Crippen LogP contribution in [-0.4, -0.2) is 21.8 Å². The van der Waals surface area contributed by atoms with Gasteiger partial charge in [0.15, 0.2) is 0 Å². The zero-order valence-electron chi connectivity index (χ0n) is 15.3. The number of nitrogens with one attached hydrogen (secondary N) is 2. The number of halogens is 2. The zero-order valence-corrected chi connectivity index (χ0v) is 15.3. The zero-order chi connectivity index (χ0) is 20.8. The molecule has 0 bridgehead atoms. The van der Waals surface area contributed by atoms with E-state index in [1.54, 1.807) is 24.3 Å². The van der Waals surface area contributed by atoms with Crippen LogP contribution in [0.4, 0.5) is 20.3 Å². The van der Waals surface area contributed by atoms with Crippen LogP contribution < -0.4 is 15.4 Å². The van der Waals surface area contributed by atoms with E-state index in [1.807, 2.05) is 0 Å². The van der Waals surface area contributed by atoms with Gasteiger partial charge in [-0.3, -0.25) is 9.59 Å². The Hall–Kier alpha value is -3.88. The molecule has 148 valence electrons. The van der Waals surface area contributed by atoms with Crippen LogP contribution in [0.15, 0.2) is 54.9 Å². The Kier molecular flexibility index (Phi) is 6.08. The Bertz CT molecular complexity index is 1020. The smallest absolute Gasteiger partial charge is 0.228 e. The van der Waals surface area contributed by atoms with Gasteiger partial charge in [0.1, 0.15) is 29.5 Å². The van der Waals surface area contributed by atoms with Crippen molar-refractivity contribution in [3.05, 3.63) is 72.1 Å². The van der Waals surface area contributed by atoms with Crippen molar-refractivity contribution < 1.29 is 23.1 Å². The molecule has 3 rings (SSSR count). The molecular formula is C20H16F2N4O3. The average Bonchev–Trinajstić information content (AvgIpc) is 2.62. The number of nitrogens with zero attached hydrogens (tertiary/aromatic N) is 2. The Morgan fingerprint density at radius 3 is 2.31 bits per heavy atom. The fourth-order valence-corrected chi connectivity index (χ4v) is 2.47. The second-order valence-corrected chi connectivity index (χ2v) is 6.05. The number of aromatic nitrogens is 2.